The summed E-state index contributed by atoms with van der Waals surface area (Å²) in [4.78, 5) is 1.09. The van der Waals surface area contributed by atoms with Crippen LogP contribution in [0.15, 0.2) is 40.2 Å². The number of thiophene rings is 1. The predicted molar refractivity (Wildman–Crippen MR) is 99.1 cm³/mol. The lowest BCUT2D eigenvalue weighted by Gasteiger charge is -2.24. The molecule has 3 heterocycles. The van der Waals surface area contributed by atoms with Gasteiger partial charge in [0, 0.05) is 5.56 Å². The molecule has 3 aromatic rings. The van der Waals surface area contributed by atoms with E-state index in [2.05, 4.69) is 42.8 Å². The molecule has 0 aliphatic carbocycles. The molecular formula is C16H14BrN5O2S. The minimum absolute atomic E-state index is 0.216. The van der Waals surface area contributed by atoms with E-state index >= 15 is 0 Å². The Morgan fingerprint density at radius 3 is 2.80 bits per heavy atom. The molecule has 0 saturated carbocycles. The predicted octanol–water partition coefficient (Wildman–Crippen LogP) is 3.57. The van der Waals surface area contributed by atoms with Crippen LogP contribution in [0.4, 0.5) is 5.95 Å². The minimum atomic E-state index is -0.216. The lowest BCUT2D eigenvalue weighted by atomic mass is 10.0. The normalized spacial score (nSPS) is 16.0. The monoisotopic (exact) mass is 419 g/mol. The van der Waals surface area contributed by atoms with Crippen LogP contribution in [0.2, 0.25) is 0 Å². The summed E-state index contributed by atoms with van der Waals surface area (Å²) in [5.41, 5.74) is 1.87. The van der Waals surface area contributed by atoms with Crippen LogP contribution >= 0.6 is 27.3 Å². The number of ether oxygens (including phenoxy) is 2. The van der Waals surface area contributed by atoms with Crippen LogP contribution in [-0.2, 0) is 0 Å². The number of rotatable bonds is 4. The summed E-state index contributed by atoms with van der Waals surface area (Å²) in [7, 11) is 3.25. The van der Waals surface area contributed by atoms with E-state index in [0.29, 0.717) is 17.4 Å². The zero-order chi connectivity index (χ0) is 17.4. The molecule has 0 unspecified atom stereocenters. The molecule has 1 aliphatic heterocycles. The maximum absolute atomic E-state index is 5.60. The van der Waals surface area contributed by atoms with Gasteiger partial charge in [-0.25, -0.2) is 0 Å². The van der Waals surface area contributed by atoms with Crippen LogP contribution in [0, 0.1) is 0 Å². The summed E-state index contributed by atoms with van der Waals surface area (Å²) < 4.78 is 13.8. The van der Waals surface area contributed by atoms with Crippen LogP contribution in [0.3, 0.4) is 0 Å². The molecule has 1 aromatic carbocycles. The van der Waals surface area contributed by atoms with Crippen molar-refractivity contribution in [3.05, 3.63) is 50.6 Å². The maximum Gasteiger partial charge on any atom is 0.248 e. The first kappa shape index (κ1) is 16.1. The number of allylic oxidation sites excluding steroid dienone is 1. The number of nitrogens with one attached hydrogen (secondary N) is 1. The first-order chi connectivity index (χ1) is 12.2. The number of fused-ring (bicyclic) bond motifs is 1. The fraction of sp³-hybridized carbons (Fsp3) is 0.188. The molecule has 0 radical (unpaired) electrons. The number of benzene rings is 1. The number of tetrazole rings is 1. The van der Waals surface area contributed by atoms with E-state index in [1.165, 1.54) is 0 Å². The van der Waals surface area contributed by atoms with Gasteiger partial charge in [-0.15, -0.1) is 11.3 Å². The van der Waals surface area contributed by atoms with Crippen molar-refractivity contribution in [3.63, 3.8) is 0 Å². The summed E-state index contributed by atoms with van der Waals surface area (Å²) in [5.74, 6) is 1.92. The summed E-state index contributed by atoms with van der Waals surface area (Å²) in [6.07, 6.45) is 2.08. The molecule has 128 valence electrons. The topological polar surface area (TPSA) is 74.1 Å². The number of para-hydroxylation sites is 1. The van der Waals surface area contributed by atoms with Crippen molar-refractivity contribution in [2.75, 3.05) is 19.5 Å². The number of methoxy groups -OCH3 is 2. The molecular weight excluding hydrogens is 406 g/mol. The van der Waals surface area contributed by atoms with Crippen LogP contribution < -0.4 is 14.8 Å². The van der Waals surface area contributed by atoms with Crippen molar-refractivity contribution in [2.45, 2.75) is 6.04 Å². The Bertz CT molecular complexity index is 952. The summed E-state index contributed by atoms with van der Waals surface area (Å²) in [6.45, 7) is 0. The highest BCUT2D eigenvalue weighted by molar-refractivity contribution is 9.11. The van der Waals surface area contributed by atoms with Crippen LogP contribution in [-0.4, -0.2) is 34.4 Å². The number of nitrogens with zero attached hydrogens (tertiary/aromatic N) is 4. The fourth-order valence-electron chi connectivity index (χ4n) is 2.82. The second kappa shape index (κ2) is 6.49. The Hall–Kier alpha value is -2.39. The molecule has 1 atom stereocenters. The highest BCUT2D eigenvalue weighted by Gasteiger charge is 2.28. The van der Waals surface area contributed by atoms with Gasteiger partial charge in [0.25, 0.3) is 0 Å². The Morgan fingerprint density at radius 1 is 1.20 bits per heavy atom. The number of anilines is 1. The van der Waals surface area contributed by atoms with Gasteiger partial charge in [-0.1, -0.05) is 17.2 Å². The molecule has 0 spiro atoms. The van der Waals surface area contributed by atoms with Crippen molar-refractivity contribution >= 4 is 38.9 Å². The van der Waals surface area contributed by atoms with Gasteiger partial charge in [-0.2, -0.15) is 4.68 Å². The second-order valence-corrected chi connectivity index (χ2v) is 7.75. The van der Waals surface area contributed by atoms with Gasteiger partial charge in [0.1, 0.15) is 6.04 Å². The first-order valence-corrected chi connectivity index (χ1v) is 9.05. The molecule has 25 heavy (non-hydrogen) atoms. The average molecular weight is 420 g/mol. The van der Waals surface area contributed by atoms with Crippen molar-refractivity contribution in [2.24, 2.45) is 0 Å². The van der Waals surface area contributed by atoms with E-state index in [-0.39, 0.29) is 6.04 Å². The van der Waals surface area contributed by atoms with E-state index in [4.69, 9.17) is 9.47 Å². The maximum atomic E-state index is 5.60. The third kappa shape index (κ3) is 2.79. The van der Waals surface area contributed by atoms with Crippen LogP contribution in [0.1, 0.15) is 16.5 Å². The third-order valence-corrected chi connectivity index (χ3v) is 5.57. The molecule has 0 amide bonds. The molecule has 2 aromatic heterocycles. The third-order valence-electron chi connectivity index (χ3n) is 3.92. The van der Waals surface area contributed by atoms with Crippen LogP contribution in [0.5, 0.6) is 11.5 Å². The smallest absolute Gasteiger partial charge is 0.248 e. The quantitative estimate of drug-likeness (QED) is 0.696. The van der Waals surface area contributed by atoms with Gasteiger partial charge in [0.2, 0.25) is 5.95 Å². The summed E-state index contributed by atoms with van der Waals surface area (Å²) in [6, 6.07) is 9.63. The van der Waals surface area contributed by atoms with Gasteiger partial charge in [-0.3, -0.25) is 0 Å². The highest BCUT2D eigenvalue weighted by atomic mass is 79.9. The lowest BCUT2D eigenvalue weighted by molar-refractivity contribution is 0.348. The van der Waals surface area contributed by atoms with E-state index in [9.17, 15) is 0 Å². The number of aromatic nitrogens is 4. The van der Waals surface area contributed by atoms with Crippen molar-refractivity contribution in [3.8, 4) is 11.5 Å². The zero-order valence-electron chi connectivity index (χ0n) is 13.4. The van der Waals surface area contributed by atoms with Gasteiger partial charge < -0.3 is 14.8 Å². The molecule has 1 aliphatic rings. The van der Waals surface area contributed by atoms with E-state index in [1.807, 2.05) is 30.3 Å². The Balaban J connectivity index is 1.87. The van der Waals surface area contributed by atoms with Gasteiger partial charge in [-0.05, 0) is 50.6 Å². The summed E-state index contributed by atoms with van der Waals surface area (Å²) in [5, 5.41) is 15.3. The Kier molecular flexibility index (Phi) is 4.18. The molecule has 0 bridgehead atoms. The van der Waals surface area contributed by atoms with E-state index < -0.39 is 0 Å². The molecule has 4 rings (SSSR count). The van der Waals surface area contributed by atoms with Gasteiger partial charge >= 0.3 is 0 Å². The van der Waals surface area contributed by atoms with Crippen molar-refractivity contribution in [1.29, 1.82) is 0 Å². The summed E-state index contributed by atoms with van der Waals surface area (Å²) >= 11 is 5.14. The second-order valence-electron chi connectivity index (χ2n) is 5.28. The fourth-order valence-corrected chi connectivity index (χ4v) is 4.19. The molecule has 1 N–H and O–H groups in total. The SMILES string of the molecule is COc1cccc([C@@H]2C=C(c3ccc(Br)s3)Nc3nnnn32)c1OC. The first-order valence-electron chi connectivity index (χ1n) is 7.44. The lowest BCUT2D eigenvalue weighted by Crippen LogP contribution is -2.20. The minimum Gasteiger partial charge on any atom is -0.493 e. The average Bonchev–Trinajstić information content (AvgIpc) is 3.28. The standard InChI is InChI=1S/C16H14BrN5O2S/c1-23-12-5-3-4-9(15(12)24-2)11-8-10(13-6-7-14(17)25-13)18-16-19-20-21-22(11)16/h3-8,11H,1-2H3,(H,18,19,21)/t11-/m0/s1. The van der Waals surface area contributed by atoms with Gasteiger partial charge in [0.05, 0.1) is 28.6 Å². The van der Waals surface area contributed by atoms with Gasteiger partial charge in [0.15, 0.2) is 11.5 Å². The number of hydrogen-bond donors (Lipinski definition) is 1. The highest BCUT2D eigenvalue weighted by Crippen LogP contribution is 2.41. The largest absolute Gasteiger partial charge is 0.493 e. The Morgan fingerprint density at radius 2 is 2.08 bits per heavy atom. The zero-order valence-corrected chi connectivity index (χ0v) is 15.8. The van der Waals surface area contributed by atoms with Crippen molar-refractivity contribution in [1.82, 2.24) is 20.2 Å². The Labute approximate surface area is 156 Å². The molecule has 0 saturated heterocycles. The number of halogens is 1. The van der Waals surface area contributed by atoms with Crippen LogP contribution in [0.25, 0.3) is 5.70 Å². The molecule has 0 fully saturated rings. The van der Waals surface area contributed by atoms with Crippen molar-refractivity contribution < 1.29 is 9.47 Å². The number of hydrogen-bond acceptors (Lipinski definition) is 7. The molecule has 9 heteroatoms. The van der Waals surface area contributed by atoms with E-state index in [0.717, 1.165) is 19.9 Å². The molecule has 7 nitrogen and oxygen atoms in total. The van der Waals surface area contributed by atoms with E-state index in [1.54, 1.807) is 30.2 Å².